The average molecular weight is 157 g/mol. The Balaban J connectivity index is 3.02. The van der Waals surface area contributed by atoms with Crippen LogP contribution in [0.1, 0.15) is 5.56 Å². The van der Waals surface area contributed by atoms with Crippen LogP contribution in [0.15, 0.2) is 18.2 Å². The number of halogens is 2. The van der Waals surface area contributed by atoms with Crippen LogP contribution < -0.4 is 5.32 Å². The summed E-state index contributed by atoms with van der Waals surface area (Å²) in [5.74, 6) is -0.494. The molecule has 0 radical (unpaired) electrons. The molecule has 0 amide bonds. The third-order valence-electron chi connectivity index (χ3n) is 1.48. The molecule has 1 rings (SSSR count). The van der Waals surface area contributed by atoms with Crippen LogP contribution in [-0.4, -0.2) is 7.05 Å². The molecule has 0 spiro atoms. The van der Waals surface area contributed by atoms with Gasteiger partial charge in [0.1, 0.15) is 12.5 Å². The van der Waals surface area contributed by atoms with Crippen molar-refractivity contribution in [3.8, 4) is 0 Å². The van der Waals surface area contributed by atoms with E-state index >= 15 is 0 Å². The van der Waals surface area contributed by atoms with Gasteiger partial charge < -0.3 is 5.32 Å². The van der Waals surface area contributed by atoms with Gasteiger partial charge in [0.2, 0.25) is 0 Å². The highest BCUT2D eigenvalue weighted by Crippen LogP contribution is 2.14. The molecule has 0 aliphatic carbocycles. The van der Waals surface area contributed by atoms with E-state index in [4.69, 9.17) is 0 Å². The van der Waals surface area contributed by atoms with Crippen molar-refractivity contribution in [1.82, 2.24) is 0 Å². The van der Waals surface area contributed by atoms with Gasteiger partial charge in [0, 0.05) is 18.3 Å². The van der Waals surface area contributed by atoms with Gasteiger partial charge in [-0.05, 0) is 18.2 Å². The van der Waals surface area contributed by atoms with Gasteiger partial charge in [-0.2, -0.15) is 0 Å². The molecule has 0 saturated heterocycles. The van der Waals surface area contributed by atoms with Crippen LogP contribution in [0, 0.1) is 5.82 Å². The molecule has 0 aromatic heterocycles. The Bertz CT molecular complexity index is 248. The Morgan fingerprint density at radius 3 is 2.73 bits per heavy atom. The van der Waals surface area contributed by atoms with Gasteiger partial charge in [0.15, 0.2) is 0 Å². The molecular weight excluding hydrogens is 148 g/mol. The van der Waals surface area contributed by atoms with Crippen molar-refractivity contribution < 1.29 is 8.78 Å². The second kappa shape index (κ2) is 3.32. The maximum absolute atomic E-state index is 12.6. The number of hydrogen-bond donors (Lipinski definition) is 1. The molecule has 0 bridgehead atoms. The van der Waals surface area contributed by atoms with Crippen LogP contribution >= 0.6 is 0 Å². The van der Waals surface area contributed by atoms with Crippen molar-refractivity contribution in [1.29, 1.82) is 0 Å². The minimum atomic E-state index is -0.763. The molecule has 11 heavy (non-hydrogen) atoms. The Hall–Kier alpha value is -1.12. The van der Waals surface area contributed by atoms with Crippen LogP contribution in [0.2, 0.25) is 0 Å². The minimum Gasteiger partial charge on any atom is -0.388 e. The molecule has 1 aromatic carbocycles. The van der Waals surface area contributed by atoms with Gasteiger partial charge in [-0.15, -0.1) is 0 Å². The second-order valence-corrected chi connectivity index (χ2v) is 2.19. The Morgan fingerprint density at radius 2 is 2.18 bits per heavy atom. The van der Waals surface area contributed by atoms with E-state index in [9.17, 15) is 8.78 Å². The van der Waals surface area contributed by atoms with E-state index in [1.165, 1.54) is 12.1 Å². The Morgan fingerprint density at radius 1 is 1.45 bits per heavy atom. The van der Waals surface area contributed by atoms with E-state index < -0.39 is 12.5 Å². The summed E-state index contributed by atoms with van der Waals surface area (Å²) in [5.41, 5.74) is 0.816. The van der Waals surface area contributed by atoms with Crippen molar-refractivity contribution >= 4 is 5.69 Å². The van der Waals surface area contributed by atoms with Crippen molar-refractivity contribution in [2.24, 2.45) is 0 Å². The predicted octanol–water partition coefficient (Wildman–Crippen LogP) is 2.34. The lowest BCUT2D eigenvalue weighted by atomic mass is 10.2. The first kappa shape index (κ1) is 7.98. The number of rotatable bonds is 2. The van der Waals surface area contributed by atoms with Gasteiger partial charge >= 0.3 is 0 Å². The highest BCUT2D eigenvalue weighted by atomic mass is 19.1. The monoisotopic (exact) mass is 157 g/mol. The van der Waals surface area contributed by atoms with Crippen molar-refractivity contribution in [3.05, 3.63) is 29.6 Å². The van der Waals surface area contributed by atoms with Gasteiger partial charge in [-0.1, -0.05) is 0 Å². The molecule has 0 saturated carbocycles. The molecule has 0 aliphatic heterocycles. The fourth-order valence-corrected chi connectivity index (χ4v) is 0.833. The number of benzene rings is 1. The molecule has 1 N–H and O–H groups in total. The Labute approximate surface area is 64.0 Å². The maximum Gasteiger partial charge on any atom is 0.129 e. The summed E-state index contributed by atoms with van der Waals surface area (Å²) in [6.45, 7) is -0.763. The quantitative estimate of drug-likeness (QED) is 0.694. The first-order chi connectivity index (χ1) is 5.27. The lowest BCUT2D eigenvalue weighted by Gasteiger charge is -2.01. The van der Waals surface area contributed by atoms with Crippen LogP contribution in [0.4, 0.5) is 14.5 Å². The van der Waals surface area contributed by atoms with Crippen molar-refractivity contribution in [2.75, 3.05) is 12.4 Å². The molecule has 1 nitrogen and oxygen atoms in total. The second-order valence-electron chi connectivity index (χ2n) is 2.19. The lowest BCUT2D eigenvalue weighted by molar-refractivity contribution is 0.464. The summed E-state index contributed by atoms with van der Waals surface area (Å²) in [6, 6.07) is 4.27. The average Bonchev–Trinajstić information content (AvgIpc) is 2.05. The molecule has 60 valence electrons. The topological polar surface area (TPSA) is 12.0 Å². The highest BCUT2D eigenvalue weighted by molar-refractivity contribution is 5.45. The maximum atomic E-state index is 12.6. The predicted molar refractivity (Wildman–Crippen MR) is 40.8 cm³/mol. The fraction of sp³-hybridized carbons (Fsp3) is 0.250. The van der Waals surface area contributed by atoms with Gasteiger partial charge in [-0.25, -0.2) is 8.78 Å². The van der Waals surface area contributed by atoms with Crippen molar-refractivity contribution in [3.63, 3.8) is 0 Å². The molecule has 0 atom stereocenters. The summed E-state index contributed by atoms with van der Waals surface area (Å²) in [5, 5.41) is 2.80. The largest absolute Gasteiger partial charge is 0.388 e. The van der Waals surface area contributed by atoms with Crippen LogP contribution in [0.25, 0.3) is 0 Å². The third kappa shape index (κ3) is 1.67. The zero-order valence-electron chi connectivity index (χ0n) is 6.20. The minimum absolute atomic E-state index is 0.0943. The number of alkyl halides is 1. The van der Waals surface area contributed by atoms with Crippen molar-refractivity contribution in [2.45, 2.75) is 6.67 Å². The summed E-state index contributed by atoms with van der Waals surface area (Å²) in [4.78, 5) is 0. The van der Waals surface area contributed by atoms with Crippen LogP contribution in [0.3, 0.4) is 0 Å². The normalized spacial score (nSPS) is 9.73. The van der Waals surface area contributed by atoms with Gasteiger partial charge in [0.05, 0.1) is 0 Å². The van der Waals surface area contributed by atoms with E-state index in [0.29, 0.717) is 0 Å². The molecule has 0 unspecified atom stereocenters. The molecule has 0 fully saturated rings. The van der Waals surface area contributed by atoms with E-state index in [2.05, 4.69) is 5.32 Å². The number of anilines is 1. The van der Waals surface area contributed by atoms with Crippen LogP contribution in [0.5, 0.6) is 0 Å². The van der Waals surface area contributed by atoms with E-state index in [1.54, 1.807) is 13.1 Å². The zero-order valence-corrected chi connectivity index (χ0v) is 6.20. The van der Waals surface area contributed by atoms with Gasteiger partial charge in [-0.3, -0.25) is 0 Å². The molecule has 0 aliphatic rings. The van der Waals surface area contributed by atoms with Crippen LogP contribution in [-0.2, 0) is 6.67 Å². The summed E-state index contributed by atoms with van der Waals surface area (Å²) in [6.07, 6.45) is 0. The fourth-order valence-electron chi connectivity index (χ4n) is 0.833. The summed E-state index contributed by atoms with van der Waals surface area (Å²) >= 11 is 0. The van der Waals surface area contributed by atoms with Gasteiger partial charge in [0.25, 0.3) is 0 Å². The van der Waals surface area contributed by atoms with E-state index in [0.717, 1.165) is 5.69 Å². The standard InChI is InChI=1S/C8H9F2N/c1-11-7-2-3-8(10)6(4-7)5-9/h2-4,11H,5H2,1H3. The number of hydrogen-bond acceptors (Lipinski definition) is 1. The SMILES string of the molecule is CNc1ccc(F)c(CF)c1. The lowest BCUT2D eigenvalue weighted by Crippen LogP contribution is -1.92. The molecule has 3 heteroatoms. The smallest absolute Gasteiger partial charge is 0.129 e. The summed E-state index contributed by atoms with van der Waals surface area (Å²) < 4.78 is 24.7. The van der Waals surface area contributed by atoms with E-state index in [-0.39, 0.29) is 5.56 Å². The summed E-state index contributed by atoms with van der Waals surface area (Å²) in [7, 11) is 1.70. The molecule has 1 aromatic rings. The molecule has 0 heterocycles. The van der Waals surface area contributed by atoms with E-state index in [1.807, 2.05) is 0 Å². The first-order valence-corrected chi connectivity index (χ1v) is 3.30. The Kier molecular flexibility index (Phi) is 2.41. The third-order valence-corrected chi connectivity index (χ3v) is 1.48. The molecular formula is C8H9F2N. The zero-order chi connectivity index (χ0) is 8.27. The first-order valence-electron chi connectivity index (χ1n) is 3.30. The number of nitrogens with one attached hydrogen (secondary N) is 1. The highest BCUT2D eigenvalue weighted by Gasteiger charge is 2.00.